The van der Waals surface area contributed by atoms with Crippen LogP contribution in [-0.4, -0.2) is 4.57 Å². The third kappa shape index (κ3) is 7.19. The molecular weight excluding hydrogens is 809 g/mol. The van der Waals surface area contributed by atoms with Crippen LogP contribution in [0.15, 0.2) is 255 Å². The fraction of sp³-hybridized carbons (Fsp3) is 0.0462. The molecule has 0 bridgehead atoms. The zero-order chi connectivity index (χ0) is 45.2. The standard InChI is InChI=1S/C61H42N2.C4H6/c1-5-17-43(18-6-1)44-29-34-50(35-30-44)62(51-36-31-45(32-37-51)46-33-40-60-56(41-46)55-26-14-16-28-59(55)63(60)49-23-11-4-12-24-49)52-38-39-54-53-25-13-15-27-57(53)61(58(54)42-52,47-19-7-2-8-20-47)48-21-9-3-10-22-48;1-3-4-2/h1-42H;1-2H3. The Bertz CT molecular complexity index is 3520. The number of hydrogen-bond donors (Lipinski definition) is 0. The molecule has 0 radical (unpaired) electrons. The molecule has 1 aromatic heterocycles. The minimum atomic E-state index is -0.501. The first kappa shape index (κ1) is 41.1. The van der Waals surface area contributed by atoms with Gasteiger partial charge in [-0.1, -0.05) is 188 Å². The Balaban J connectivity index is 0.00000119. The summed E-state index contributed by atoms with van der Waals surface area (Å²) < 4.78 is 2.37. The van der Waals surface area contributed by atoms with Crippen molar-refractivity contribution in [2.75, 3.05) is 4.90 Å². The van der Waals surface area contributed by atoms with Crippen molar-refractivity contribution in [3.8, 4) is 50.9 Å². The lowest BCUT2D eigenvalue weighted by atomic mass is 9.67. The maximum Gasteiger partial charge on any atom is 0.0714 e. The second-order valence-electron chi connectivity index (χ2n) is 17.0. The maximum absolute atomic E-state index is 2.68. The SMILES string of the molecule is CC#CC.c1ccc(-c2ccc(N(c3ccc(-c4ccc5c(c4)c4ccccc4n5-c4ccccc4)cc3)c3ccc4c(c3)C(c3ccccc3)(c3ccccc3)c3ccccc3-4)cc2)cc1. The van der Waals surface area contributed by atoms with Crippen LogP contribution in [0, 0.1) is 11.8 Å². The van der Waals surface area contributed by atoms with Crippen LogP contribution in [0.5, 0.6) is 0 Å². The molecule has 0 unspecified atom stereocenters. The maximum atomic E-state index is 2.68. The molecule has 2 heteroatoms. The summed E-state index contributed by atoms with van der Waals surface area (Å²) in [5, 5.41) is 2.50. The highest BCUT2D eigenvalue weighted by atomic mass is 15.1. The van der Waals surface area contributed by atoms with Gasteiger partial charge in [0.25, 0.3) is 0 Å². The molecule has 11 aromatic rings. The average Bonchev–Trinajstić information content (AvgIpc) is 3.90. The number of fused-ring (bicyclic) bond motifs is 6. The van der Waals surface area contributed by atoms with Crippen molar-refractivity contribution in [3.63, 3.8) is 0 Å². The first-order valence-electron chi connectivity index (χ1n) is 23.0. The minimum absolute atomic E-state index is 0.501. The summed E-state index contributed by atoms with van der Waals surface area (Å²) in [6, 6.07) is 93.2. The van der Waals surface area contributed by atoms with Gasteiger partial charge in [-0.2, -0.15) is 0 Å². The van der Waals surface area contributed by atoms with Crippen LogP contribution in [0.3, 0.4) is 0 Å². The van der Waals surface area contributed by atoms with Gasteiger partial charge in [0.1, 0.15) is 0 Å². The molecule has 0 N–H and O–H groups in total. The quantitative estimate of drug-likeness (QED) is 0.138. The first-order valence-corrected chi connectivity index (χ1v) is 23.0. The topological polar surface area (TPSA) is 8.17 Å². The Morgan fingerprint density at radius 2 is 0.806 bits per heavy atom. The summed E-state index contributed by atoms with van der Waals surface area (Å²) in [4.78, 5) is 2.42. The minimum Gasteiger partial charge on any atom is -0.310 e. The van der Waals surface area contributed by atoms with Gasteiger partial charge in [0, 0.05) is 33.5 Å². The number of benzene rings is 10. The van der Waals surface area contributed by atoms with Crippen LogP contribution >= 0.6 is 0 Å². The summed E-state index contributed by atoms with van der Waals surface area (Å²) in [6.45, 7) is 3.64. The Labute approximate surface area is 393 Å². The van der Waals surface area contributed by atoms with Gasteiger partial charge < -0.3 is 9.47 Å². The number of rotatable bonds is 8. The third-order valence-corrected chi connectivity index (χ3v) is 13.3. The zero-order valence-corrected chi connectivity index (χ0v) is 37.6. The van der Waals surface area contributed by atoms with E-state index >= 15 is 0 Å². The number of aromatic nitrogens is 1. The predicted octanol–water partition coefficient (Wildman–Crippen LogP) is 17.0. The fourth-order valence-electron chi connectivity index (χ4n) is 10.3. The van der Waals surface area contributed by atoms with Crippen molar-refractivity contribution in [2.24, 2.45) is 0 Å². The smallest absolute Gasteiger partial charge is 0.0714 e. The average molecular weight is 857 g/mol. The molecule has 318 valence electrons. The van der Waals surface area contributed by atoms with Crippen molar-refractivity contribution in [1.29, 1.82) is 0 Å². The van der Waals surface area contributed by atoms with Gasteiger partial charge in [-0.15, -0.1) is 11.8 Å². The van der Waals surface area contributed by atoms with Gasteiger partial charge >= 0.3 is 0 Å². The number of nitrogens with zero attached hydrogens (tertiary/aromatic N) is 2. The lowest BCUT2D eigenvalue weighted by Crippen LogP contribution is -2.28. The summed E-state index contributed by atoms with van der Waals surface area (Å²) in [6.07, 6.45) is 0. The van der Waals surface area contributed by atoms with Crippen LogP contribution in [-0.2, 0) is 5.41 Å². The van der Waals surface area contributed by atoms with Gasteiger partial charge in [0.15, 0.2) is 0 Å². The summed E-state index contributed by atoms with van der Waals surface area (Å²) in [5.74, 6) is 5.36. The summed E-state index contributed by atoms with van der Waals surface area (Å²) >= 11 is 0. The van der Waals surface area contributed by atoms with Crippen molar-refractivity contribution in [3.05, 3.63) is 277 Å². The van der Waals surface area contributed by atoms with Gasteiger partial charge in [-0.05, 0) is 136 Å². The number of hydrogen-bond acceptors (Lipinski definition) is 1. The Morgan fingerprint density at radius 3 is 1.43 bits per heavy atom. The highest BCUT2D eigenvalue weighted by molar-refractivity contribution is 6.10. The molecule has 0 aliphatic heterocycles. The van der Waals surface area contributed by atoms with E-state index in [9.17, 15) is 0 Å². The summed E-state index contributed by atoms with van der Waals surface area (Å²) in [5.41, 5.74) is 18.8. The largest absolute Gasteiger partial charge is 0.310 e. The molecule has 0 spiro atoms. The van der Waals surface area contributed by atoms with E-state index < -0.39 is 5.41 Å². The van der Waals surface area contributed by atoms with E-state index in [1.165, 1.54) is 77.4 Å². The second kappa shape index (κ2) is 17.7. The van der Waals surface area contributed by atoms with Crippen LogP contribution in [0.1, 0.15) is 36.1 Å². The van der Waals surface area contributed by atoms with Crippen molar-refractivity contribution in [1.82, 2.24) is 4.57 Å². The molecule has 1 aliphatic carbocycles. The molecule has 0 atom stereocenters. The third-order valence-electron chi connectivity index (χ3n) is 13.3. The highest BCUT2D eigenvalue weighted by Crippen LogP contribution is 2.57. The van der Waals surface area contributed by atoms with E-state index in [0.717, 1.165) is 22.7 Å². The van der Waals surface area contributed by atoms with Gasteiger partial charge in [-0.25, -0.2) is 0 Å². The van der Waals surface area contributed by atoms with Crippen LogP contribution in [0.4, 0.5) is 17.1 Å². The van der Waals surface area contributed by atoms with E-state index in [1.807, 2.05) is 13.8 Å². The van der Waals surface area contributed by atoms with Crippen LogP contribution in [0.2, 0.25) is 0 Å². The Morgan fingerprint density at radius 1 is 0.343 bits per heavy atom. The molecule has 0 saturated carbocycles. The Hall–Kier alpha value is -8.64. The number of para-hydroxylation sites is 2. The molecule has 1 heterocycles. The molecule has 0 amide bonds. The van der Waals surface area contributed by atoms with Gasteiger partial charge in [0.05, 0.1) is 16.4 Å². The lowest BCUT2D eigenvalue weighted by molar-refractivity contribution is 0.768. The predicted molar refractivity (Wildman–Crippen MR) is 283 cm³/mol. The normalized spacial score (nSPS) is 12.0. The highest BCUT2D eigenvalue weighted by Gasteiger charge is 2.46. The molecule has 0 saturated heterocycles. The van der Waals surface area contributed by atoms with Crippen LogP contribution in [0.25, 0.3) is 60.9 Å². The molecule has 10 aromatic carbocycles. The van der Waals surface area contributed by atoms with Crippen molar-refractivity contribution in [2.45, 2.75) is 19.3 Å². The zero-order valence-electron chi connectivity index (χ0n) is 37.6. The summed E-state index contributed by atoms with van der Waals surface area (Å²) in [7, 11) is 0. The molecule has 1 aliphatic rings. The van der Waals surface area contributed by atoms with E-state index in [1.54, 1.807) is 0 Å². The van der Waals surface area contributed by atoms with Crippen molar-refractivity contribution < 1.29 is 0 Å². The molecular formula is C65H48N2. The molecule has 67 heavy (non-hydrogen) atoms. The van der Waals surface area contributed by atoms with Gasteiger partial charge in [-0.3, -0.25) is 0 Å². The fourth-order valence-corrected chi connectivity index (χ4v) is 10.3. The van der Waals surface area contributed by atoms with E-state index in [2.05, 4.69) is 276 Å². The molecule has 2 nitrogen and oxygen atoms in total. The number of anilines is 3. The van der Waals surface area contributed by atoms with E-state index in [4.69, 9.17) is 0 Å². The van der Waals surface area contributed by atoms with Gasteiger partial charge in [0.2, 0.25) is 0 Å². The Kier molecular flexibility index (Phi) is 10.9. The second-order valence-corrected chi connectivity index (χ2v) is 17.0. The molecule has 0 fully saturated rings. The lowest BCUT2D eigenvalue weighted by Gasteiger charge is -2.35. The van der Waals surface area contributed by atoms with Crippen LogP contribution < -0.4 is 4.90 Å². The monoisotopic (exact) mass is 856 g/mol. The van der Waals surface area contributed by atoms with E-state index in [-0.39, 0.29) is 0 Å². The first-order chi connectivity index (χ1) is 33.2. The molecule has 12 rings (SSSR count). The van der Waals surface area contributed by atoms with Crippen molar-refractivity contribution >= 4 is 38.9 Å². The van der Waals surface area contributed by atoms with E-state index in [0.29, 0.717) is 0 Å².